The van der Waals surface area contributed by atoms with E-state index in [2.05, 4.69) is 21.6 Å². The van der Waals surface area contributed by atoms with Crippen LogP contribution in [0.1, 0.15) is 5.56 Å². The topological polar surface area (TPSA) is 88.5 Å². The molecular weight excluding hydrogens is 272 g/mol. The van der Waals surface area contributed by atoms with Gasteiger partial charge in [-0.3, -0.25) is 0 Å². The van der Waals surface area contributed by atoms with Gasteiger partial charge in [0.25, 0.3) is 0 Å². The van der Waals surface area contributed by atoms with Crippen molar-refractivity contribution in [2.75, 3.05) is 6.61 Å². The molecule has 0 aliphatic rings. The number of amides is 1. The Morgan fingerprint density at radius 2 is 2.37 bits per heavy atom. The minimum atomic E-state index is -1.18. The van der Waals surface area contributed by atoms with E-state index in [-0.39, 0.29) is 18.2 Å². The van der Waals surface area contributed by atoms with Crippen LogP contribution in [0.25, 0.3) is 0 Å². The molecule has 1 amide bonds. The summed E-state index contributed by atoms with van der Waals surface area (Å²) in [7, 11) is 0. The molecule has 0 radical (unpaired) electrons. The number of nitrogens with one attached hydrogen (secondary N) is 1. The molecule has 1 unspecified atom stereocenters. The summed E-state index contributed by atoms with van der Waals surface area (Å²) in [4.78, 5) is 26.2. The molecule has 0 bridgehead atoms. The number of halogens is 1. The summed E-state index contributed by atoms with van der Waals surface area (Å²) < 4.78 is 4.66. The minimum Gasteiger partial charge on any atom is -0.480 e. The zero-order valence-electron chi connectivity index (χ0n) is 10.0. The van der Waals surface area contributed by atoms with E-state index in [0.29, 0.717) is 5.56 Å². The largest absolute Gasteiger partial charge is 0.480 e. The maximum Gasteiger partial charge on any atom is 0.408 e. The van der Waals surface area contributed by atoms with Gasteiger partial charge in [-0.15, -0.1) is 0 Å². The van der Waals surface area contributed by atoms with Crippen LogP contribution in [0.2, 0.25) is 5.15 Å². The fourth-order valence-corrected chi connectivity index (χ4v) is 1.51. The molecule has 6 nitrogen and oxygen atoms in total. The number of carbonyl (C=O) groups excluding carboxylic acids is 1. The van der Waals surface area contributed by atoms with Gasteiger partial charge in [-0.1, -0.05) is 30.3 Å². The van der Waals surface area contributed by atoms with Crippen molar-refractivity contribution in [1.82, 2.24) is 10.3 Å². The van der Waals surface area contributed by atoms with Crippen molar-refractivity contribution in [3.8, 4) is 0 Å². The standard InChI is InChI=1S/C12H13ClN2O4/c1-2-6-19-12(18)15-9(11(16)17)7-8-4-3-5-14-10(8)13/h2-5,9H,1,6-7H2,(H,15,18)(H,16,17). The van der Waals surface area contributed by atoms with Crippen molar-refractivity contribution in [3.63, 3.8) is 0 Å². The van der Waals surface area contributed by atoms with Crippen molar-refractivity contribution in [2.45, 2.75) is 12.5 Å². The van der Waals surface area contributed by atoms with Gasteiger partial charge in [0, 0.05) is 12.6 Å². The van der Waals surface area contributed by atoms with Gasteiger partial charge in [-0.05, 0) is 11.6 Å². The van der Waals surface area contributed by atoms with Gasteiger partial charge in [-0.25, -0.2) is 14.6 Å². The number of hydrogen-bond donors (Lipinski definition) is 2. The van der Waals surface area contributed by atoms with Gasteiger partial charge in [0.15, 0.2) is 0 Å². The van der Waals surface area contributed by atoms with Crippen LogP contribution in [0.5, 0.6) is 0 Å². The summed E-state index contributed by atoms with van der Waals surface area (Å²) in [6.45, 7) is 3.38. The Kier molecular flexibility index (Phi) is 5.81. The van der Waals surface area contributed by atoms with Crippen LogP contribution in [0, 0.1) is 0 Å². The quantitative estimate of drug-likeness (QED) is 0.612. The van der Waals surface area contributed by atoms with E-state index in [1.807, 2.05) is 0 Å². The number of aromatic nitrogens is 1. The van der Waals surface area contributed by atoms with Crippen LogP contribution in [0.15, 0.2) is 31.0 Å². The fraction of sp³-hybridized carbons (Fsp3) is 0.250. The summed E-state index contributed by atoms with van der Waals surface area (Å²) in [5, 5.41) is 11.5. The summed E-state index contributed by atoms with van der Waals surface area (Å²) >= 11 is 5.83. The highest BCUT2D eigenvalue weighted by atomic mass is 35.5. The monoisotopic (exact) mass is 284 g/mol. The lowest BCUT2D eigenvalue weighted by molar-refractivity contribution is -0.139. The normalized spacial score (nSPS) is 11.4. The van der Waals surface area contributed by atoms with Gasteiger partial charge in [0.2, 0.25) is 0 Å². The Labute approximate surface area is 115 Å². The molecule has 19 heavy (non-hydrogen) atoms. The first-order valence-corrected chi connectivity index (χ1v) is 5.78. The van der Waals surface area contributed by atoms with E-state index >= 15 is 0 Å². The molecule has 0 aromatic carbocycles. The lowest BCUT2D eigenvalue weighted by Crippen LogP contribution is -2.42. The molecule has 1 atom stereocenters. The van der Waals surface area contributed by atoms with Gasteiger partial charge in [0.1, 0.15) is 17.8 Å². The Morgan fingerprint density at radius 3 is 2.95 bits per heavy atom. The average molecular weight is 285 g/mol. The van der Waals surface area contributed by atoms with Crippen LogP contribution in [-0.2, 0) is 16.0 Å². The number of alkyl carbamates (subject to hydrolysis) is 1. The summed E-state index contributed by atoms with van der Waals surface area (Å²) in [6.07, 6.45) is 2.07. The van der Waals surface area contributed by atoms with Gasteiger partial charge >= 0.3 is 12.1 Å². The predicted molar refractivity (Wildman–Crippen MR) is 69.1 cm³/mol. The molecule has 1 heterocycles. The Hall–Kier alpha value is -2.08. The number of aliphatic carboxylic acids is 1. The highest BCUT2D eigenvalue weighted by Crippen LogP contribution is 2.13. The molecule has 102 valence electrons. The molecule has 0 spiro atoms. The van der Waals surface area contributed by atoms with Crippen LogP contribution in [0.3, 0.4) is 0 Å². The van der Waals surface area contributed by atoms with Crippen LogP contribution in [0.4, 0.5) is 4.79 Å². The number of hydrogen-bond acceptors (Lipinski definition) is 4. The molecule has 0 aliphatic carbocycles. The maximum atomic E-state index is 11.3. The first-order valence-electron chi connectivity index (χ1n) is 5.41. The first-order chi connectivity index (χ1) is 9.04. The molecule has 1 aromatic rings. The van der Waals surface area contributed by atoms with E-state index in [0.717, 1.165) is 0 Å². The third kappa shape index (κ3) is 4.97. The molecular formula is C12H13ClN2O4. The average Bonchev–Trinajstić information content (AvgIpc) is 2.38. The molecule has 0 saturated heterocycles. The molecule has 2 N–H and O–H groups in total. The van der Waals surface area contributed by atoms with Crippen molar-refractivity contribution >= 4 is 23.7 Å². The third-order valence-corrected chi connectivity index (χ3v) is 2.52. The number of carboxylic acids is 1. The zero-order chi connectivity index (χ0) is 14.3. The van der Waals surface area contributed by atoms with Crippen molar-refractivity contribution in [2.24, 2.45) is 0 Å². The zero-order valence-corrected chi connectivity index (χ0v) is 10.8. The summed E-state index contributed by atoms with van der Waals surface area (Å²) in [5.41, 5.74) is 0.528. The van der Waals surface area contributed by atoms with Crippen LogP contribution < -0.4 is 5.32 Å². The van der Waals surface area contributed by atoms with E-state index in [9.17, 15) is 9.59 Å². The third-order valence-electron chi connectivity index (χ3n) is 2.18. The van der Waals surface area contributed by atoms with E-state index in [4.69, 9.17) is 16.7 Å². The lowest BCUT2D eigenvalue weighted by Gasteiger charge is -2.14. The van der Waals surface area contributed by atoms with E-state index < -0.39 is 18.1 Å². The molecule has 7 heteroatoms. The Morgan fingerprint density at radius 1 is 1.63 bits per heavy atom. The van der Waals surface area contributed by atoms with Gasteiger partial charge < -0.3 is 15.2 Å². The lowest BCUT2D eigenvalue weighted by atomic mass is 10.1. The first kappa shape index (κ1) is 15.0. The second-order valence-corrected chi connectivity index (χ2v) is 3.94. The SMILES string of the molecule is C=CCOC(=O)NC(Cc1cccnc1Cl)C(=O)O. The number of carboxylic acid groups (broad SMARTS) is 1. The summed E-state index contributed by atoms with van der Waals surface area (Å²) in [5.74, 6) is -1.18. The number of nitrogens with zero attached hydrogens (tertiary/aromatic N) is 1. The molecule has 0 saturated carbocycles. The van der Waals surface area contributed by atoms with Crippen molar-refractivity contribution in [3.05, 3.63) is 41.7 Å². The van der Waals surface area contributed by atoms with Gasteiger partial charge in [0.05, 0.1) is 0 Å². The number of rotatable bonds is 6. The number of pyridine rings is 1. The second-order valence-electron chi connectivity index (χ2n) is 3.58. The molecule has 1 rings (SSSR count). The minimum absolute atomic E-state index is 0.00577. The maximum absolute atomic E-state index is 11.3. The summed E-state index contributed by atoms with van der Waals surface area (Å²) in [6, 6.07) is 2.14. The van der Waals surface area contributed by atoms with Crippen LogP contribution >= 0.6 is 11.6 Å². The fourth-order valence-electron chi connectivity index (χ4n) is 1.31. The molecule has 0 aliphatic heterocycles. The predicted octanol–water partition coefficient (Wildman–Crippen LogP) is 1.64. The second kappa shape index (κ2) is 7.38. The number of carbonyl (C=O) groups is 2. The van der Waals surface area contributed by atoms with Crippen LogP contribution in [-0.4, -0.2) is 34.8 Å². The molecule has 0 fully saturated rings. The highest BCUT2D eigenvalue weighted by molar-refractivity contribution is 6.30. The van der Waals surface area contributed by atoms with Crippen molar-refractivity contribution < 1.29 is 19.4 Å². The van der Waals surface area contributed by atoms with Crippen molar-refractivity contribution in [1.29, 1.82) is 0 Å². The van der Waals surface area contributed by atoms with E-state index in [1.54, 1.807) is 12.1 Å². The van der Waals surface area contributed by atoms with Gasteiger partial charge in [-0.2, -0.15) is 0 Å². The smallest absolute Gasteiger partial charge is 0.408 e. The van der Waals surface area contributed by atoms with E-state index in [1.165, 1.54) is 12.3 Å². The molecule has 1 aromatic heterocycles. The highest BCUT2D eigenvalue weighted by Gasteiger charge is 2.22. The number of ether oxygens (including phenoxy) is 1. The Bertz CT molecular complexity index is 479. The Balaban J connectivity index is 2.68.